The molecule has 3 heteroatoms. The maximum atomic E-state index is 10.2. The van der Waals surface area contributed by atoms with Crippen LogP contribution in [0.1, 0.15) is 25.3 Å². The molecule has 0 aliphatic rings. The van der Waals surface area contributed by atoms with Gasteiger partial charge in [0.25, 0.3) is 0 Å². The average Bonchev–Trinajstić information content (AvgIpc) is 2.08. The van der Waals surface area contributed by atoms with E-state index in [4.69, 9.17) is 11.6 Å². The van der Waals surface area contributed by atoms with Crippen molar-refractivity contribution >= 4 is 23.7 Å². The quantitative estimate of drug-likeness (QED) is 0.742. The Labute approximate surface area is 82.9 Å². The molecule has 1 rings (SSSR count). The first-order valence-corrected chi connectivity index (χ1v) is 4.52. The number of carbonyl (C=O) groups excluding carboxylic acids is 1. The lowest BCUT2D eigenvalue weighted by Crippen LogP contribution is -1.96. The monoisotopic (exact) mass is 197 g/mol. The Hall–Kier alpha value is -1.02. The lowest BCUT2D eigenvalue weighted by atomic mass is 10.0. The zero-order valence-corrected chi connectivity index (χ0v) is 8.43. The summed E-state index contributed by atoms with van der Waals surface area (Å²) in [5, 5.41) is 3.12. The number of carbonyl (C=O) groups is 1. The Balaban J connectivity index is 3.03. The van der Waals surface area contributed by atoms with Gasteiger partial charge in [-0.3, -0.25) is 4.79 Å². The largest absolute Gasteiger partial charge is 0.327 e. The van der Waals surface area contributed by atoms with Gasteiger partial charge in [-0.1, -0.05) is 31.5 Å². The molecule has 0 atom stereocenters. The third kappa shape index (κ3) is 2.46. The van der Waals surface area contributed by atoms with Crippen molar-refractivity contribution in [3.8, 4) is 0 Å². The van der Waals surface area contributed by atoms with Gasteiger partial charge >= 0.3 is 0 Å². The number of hydrogen-bond donors (Lipinski definition) is 1. The van der Waals surface area contributed by atoms with E-state index in [0.717, 1.165) is 5.56 Å². The van der Waals surface area contributed by atoms with Gasteiger partial charge in [-0.15, -0.1) is 0 Å². The highest BCUT2D eigenvalue weighted by molar-refractivity contribution is 6.33. The van der Waals surface area contributed by atoms with Gasteiger partial charge in [0.05, 0.1) is 10.7 Å². The summed E-state index contributed by atoms with van der Waals surface area (Å²) in [5.41, 5.74) is 1.83. The molecule has 0 radical (unpaired) electrons. The van der Waals surface area contributed by atoms with Crippen molar-refractivity contribution in [2.75, 3.05) is 5.32 Å². The van der Waals surface area contributed by atoms with Crippen molar-refractivity contribution in [2.24, 2.45) is 0 Å². The first kappa shape index (κ1) is 10.1. The van der Waals surface area contributed by atoms with Crippen LogP contribution in [0.3, 0.4) is 0 Å². The Morgan fingerprint density at radius 1 is 1.46 bits per heavy atom. The molecule has 70 valence electrons. The predicted octanol–water partition coefficient (Wildman–Crippen LogP) is 3.03. The van der Waals surface area contributed by atoms with Crippen LogP contribution in [0.25, 0.3) is 0 Å². The van der Waals surface area contributed by atoms with Crippen molar-refractivity contribution in [1.82, 2.24) is 0 Å². The topological polar surface area (TPSA) is 29.1 Å². The SMILES string of the molecule is CC(C)c1ccc(Cl)c(NC=O)c1. The number of hydrogen-bond acceptors (Lipinski definition) is 1. The molecule has 0 aromatic heterocycles. The highest BCUT2D eigenvalue weighted by Crippen LogP contribution is 2.25. The smallest absolute Gasteiger partial charge is 0.211 e. The van der Waals surface area contributed by atoms with Gasteiger partial charge in [0.15, 0.2) is 0 Å². The van der Waals surface area contributed by atoms with Gasteiger partial charge in [0, 0.05) is 0 Å². The third-order valence-corrected chi connectivity index (χ3v) is 2.20. The number of anilines is 1. The normalized spacial score (nSPS) is 10.2. The standard InChI is InChI=1S/C10H12ClNO/c1-7(2)8-3-4-9(11)10(5-8)12-6-13/h3-7H,1-2H3,(H,12,13). The molecule has 2 nitrogen and oxygen atoms in total. The fraction of sp³-hybridized carbons (Fsp3) is 0.300. The highest BCUT2D eigenvalue weighted by atomic mass is 35.5. The number of rotatable bonds is 3. The fourth-order valence-electron chi connectivity index (χ4n) is 1.08. The van der Waals surface area contributed by atoms with Crippen molar-refractivity contribution in [3.63, 3.8) is 0 Å². The van der Waals surface area contributed by atoms with E-state index in [0.29, 0.717) is 23.0 Å². The molecular weight excluding hydrogens is 186 g/mol. The second-order valence-electron chi connectivity index (χ2n) is 3.16. The summed E-state index contributed by atoms with van der Waals surface area (Å²) in [5.74, 6) is 0.435. The molecule has 0 bridgehead atoms. The van der Waals surface area contributed by atoms with E-state index >= 15 is 0 Å². The summed E-state index contributed by atoms with van der Waals surface area (Å²) in [7, 11) is 0. The molecule has 0 saturated carbocycles. The number of halogens is 1. The zero-order chi connectivity index (χ0) is 9.84. The van der Waals surface area contributed by atoms with Crippen molar-refractivity contribution < 1.29 is 4.79 Å². The third-order valence-electron chi connectivity index (χ3n) is 1.87. The van der Waals surface area contributed by atoms with Gasteiger partial charge < -0.3 is 5.32 Å². The van der Waals surface area contributed by atoms with Gasteiger partial charge in [-0.25, -0.2) is 0 Å². The second kappa shape index (κ2) is 4.28. The number of amides is 1. The van der Waals surface area contributed by atoms with Crippen LogP contribution >= 0.6 is 11.6 Å². The molecule has 0 aliphatic carbocycles. The zero-order valence-electron chi connectivity index (χ0n) is 7.67. The van der Waals surface area contributed by atoms with Crippen molar-refractivity contribution in [2.45, 2.75) is 19.8 Å². The molecule has 0 spiro atoms. The molecule has 0 heterocycles. The van der Waals surface area contributed by atoms with Crippen LogP contribution in [0.2, 0.25) is 5.02 Å². The molecule has 1 N–H and O–H groups in total. The Morgan fingerprint density at radius 2 is 2.15 bits per heavy atom. The number of nitrogens with one attached hydrogen (secondary N) is 1. The van der Waals surface area contributed by atoms with Gasteiger partial charge in [0.2, 0.25) is 6.41 Å². The minimum absolute atomic E-state index is 0.435. The molecule has 1 aromatic carbocycles. The highest BCUT2D eigenvalue weighted by Gasteiger charge is 2.03. The summed E-state index contributed by atoms with van der Waals surface area (Å²) in [6.07, 6.45) is 0.630. The van der Waals surface area contributed by atoms with Gasteiger partial charge in [-0.05, 0) is 23.6 Å². The first-order valence-electron chi connectivity index (χ1n) is 4.14. The van der Waals surface area contributed by atoms with E-state index in [9.17, 15) is 4.79 Å². The molecule has 1 aromatic rings. The Bertz CT molecular complexity index is 310. The van der Waals surface area contributed by atoms with Crippen LogP contribution < -0.4 is 5.32 Å². The van der Waals surface area contributed by atoms with E-state index in [2.05, 4.69) is 19.2 Å². The van der Waals surface area contributed by atoms with E-state index in [1.54, 1.807) is 6.07 Å². The van der Waals surface area contributed by atoms with Crippen LogP contribution in [0.15, 0.2) is 18.2 Å². The van der Waals surface area contributed by atoms with Crippen molar-refractivity contribution in [1.29, 1.82) is 0 Å². The van der Waals surface area contributed by atoms with Crippen molar-refractivity contribution in [3.05, 3.63) is 28.8 Å². The van der Waals surface area contributed by atoms with Gasteiger partial charge in [0.1, 0.15) is 0 Å². The van der Waals surface area contributed by atoms with E-state index in [1.807, 2.05) is 12.1 Å². The maximum absolute atomic E-state index is 10.2. The molecule has 0 fully saturated rings. The Kier molecular flexibility index (Phi) is 3.32. The molecule has 0 unspecified atom stereocenters. The summed E-state index contributed by atoms with van der Waals surface area (Å²) >= 11 is 5.86. The fourth-order valence-corrected chi connectivity index (χ4v) is 1.25. The minimum Gasteiger partial charge on any atom is -0.327 e. The molecule has 0 aliphatic heterocycles. The van der Waals surface area contributed by atoms with Crippen LogP contribution in [-0.4, -0.2) is 6.41 Å². The van der Waals surface area contributed by atoms with E-state index in [1.165, 1.54) is 0 Å². The molecule has 1 amide bonds. The minimum atomic E-state index is 0.435. The summed E-state index contributed by atoms with van der Waals surface area (Å²) in [6.45, 7) is 4.18. The molecular formula is C10H12ClNO. The molecule has 0 saturated heterocycles. The molecule has 13 heavy (non-hydrogen) atoms. The Morgan fingerprint density at radius 3 is 2.69 bits per heavy atom. The lowest BCUT2D eigenvalue weighted by Gasteiger charge is -2.08. The predicted molar refractivity (Wildman–Crippen MR) is 55.2 cm³/mol. The van der Waals surface area contributed by atoms with Gasteiger partial charge in [-0.2, -0.15) is 0 Å². The average molecular weight is 198 g/mol. The van der Waals surface area contributed by atoms with Crippen LogP contribution in [0.5, 0.6) is 0 Å². The number of benzene rings is 1. The second-order valence-corrected chi connectivity index (χ2v) is 3.56. The van der Waals surface area contributed by atoms with E-state index in [-0.39, 0.29) is 0 Å². The summed E-state index contributed by atoms with van der Waals surface area (Å²) in [4.78, 5) is 10.2. The van der Waals surface area contributed by atoms with E-state index < -0.39 is 0 Å². The van der Waals surface area contributed by atoms with Crippen LogP contribution in [0.4, 0.5) is 5.69 Å². The first-order chi connectivity index (χ1) is 6.15. The lowest BCUT2D eigenvalue weighted by molar-refractivity contribution is -0.105. The van der Waals surface area contributed by atoms with Crippen LogP contribution in [-0.2, 0) is 4.79 Å². The maximum Gasteiger partial charge on any atom is 0.211 e. The van der Waals surface area contributed by atoms with Crippen LogP contribution in [0, 0.1) is 0 Å². The summed E-state index contributed by atoms with van der Waals surface area (Å²) < 4.78 is 0. The summed E-state index contributed by atoms with van der Waals surface area (Å²) in [6, 6.07) is 5.65.